The monoisotopic (exact) mass is 344 g/mol. The van der Waals surface area contributed by atoms with Gasteiger partial charge in [0.2, 0.25) is 0 Å². The predicted molar refractivity (Wildman–Crippen MR) is 96.3 cm³/mol. The molecule has 21 heavy (non-hydrogen) atoms. The summed E-state index contributed by atoms with van der Waals surface area (Å²) in [6.45, 7) is 4.46. The van der Waals surface area contributed by atoms with Crippen LogP contribution in [0.2, 0.25) is 0 Å². The molecule has 0 saturated heterocycles. The molecule has 0 aliphatic carbocycles. The van der Waals surface area contributed by atoms with E-state index in [1.54, 1.807) is 0 Å². The Balaban J connectivity index is 2.06. The van der Waals surface area contributed by atoms with Crippen molar-refractivity contribution in [2.75, 3.05) is 0 Å². The lowest BCUT2D eigenvalue weighted by molar-refractivity contribution is 0.795. The van der Waals surface area contributed by atoms with E-state index in [1.165, 1.54) is 54.4 Å². The van der Waals surface area contributed by atoms with Gasteiger partial charge in [0.1, 0.15) is 0 Å². The van der Waals surface area contributed by atoms with E-state index in [9.17, 15) is 0 Å². The highest BCUT2D eigenvalue weighted by Gasteiger charge is 2.10. The summed E-state index contributed by atoms with van der Waals surface area (Å²) < 4.78 is 0. The molecule has 1 atom stereocenters. The van der Waals surface area contributed by atoms with E-state index >= 15 is 0 Å². The zero-order valence-electron chi connectivity index (χ0n) is 13.1. The largest absolute Gasteiger partial charge is 0.0786 e. The lowest BCUT2D eigenvalue weighted by Gasteiger charge is -2.12. The zero-order valence-corrected chi connectivity index (χ0v) is 14.7. The minimum Gasteiger partial charge on any atom is -0.0786 e. The van der Waals surface area contributed by atoms with Gasteiger partial charge in [-0.05, 0) is 41.5 Å². The molecule has 0 aromatic heterocycles. The van der Waals surface area contributed by atoms with Gasteiger partial charge in [-0.3, -0.25) is 0 Å². The Hall–Kier alpha value is -1.08. The van der Waals surface area contributed by atoms with Crippen LogP contribution in [0.4, 0.5) is 0 Å². The van der Waals surface area contributed by atoms with Gasteiger partial charge >= 0.3 is 0 Å². The normalized spacial score (nSPS) is 12.3. The average Bonchev–Trinajstić information content (AvgIpc) is 2.54. The van der Waals surface area contributed by atoms with Gasteiger partial charge in [-0.25, -0.2) is 0 Å². The minimum absolute atomic E-state index is 0.286. The minimum atomic E-state index is 0.286. The van der Waals surface area contributed by atoms with E-state index in [1.807, 2.05) is 0 Å². The SMILES string of the molecule is CCCCc1ccc(C(Br)c2ccc(CCC)cc2)cc1. The molecule has 2 aromatic rings. The van der Waals surface area contributed by atoms with Gasteiger partial charge in [0.05, 0.1) is 4.83 Å². The van der Waals surface area contributed by atoms with E-state index in [0.717, 1.165) is 0 Å². The first-order valence-corrected chi connectivity index (χ1v) is 8.98. The van der Waals surface area contributed by atoms with Crippen LogP contribution in [-0.4, -0.2) is 0 Å². The highest BCUT2D eigenvalue weighted by atomic mass is 79.9. The fourth-order valence-electron chi connectivity index (χ4n) is 2.57. The second-order valence-electron chi connectivity index (χ2n) is 5.70. The van der Waals surface area contributed by atoms with Gasteiger partial charge in [-0.15, -0.1) is 0 Å². The third kappa shape index (κ3) is 4.71. The Labute approximate surface area is 137 Å². The summed E-state index contributed by atoms with van der Waals surface area (Å²) in [6, 6.07) is 18.0. The van der Waals surface area contributed by atoms with Crippen molar-refractivity contribution < 1.29 is 0 Å². The van der Waals surface area contributed by atoms with Crippen molar-refractivity contribution >= 4 is 15.9 Å². The third-order valence-electron chi connectivity index (χ3n) is 3.90. The lowest BCUT2D eigenvalue weighted by Crippen LogP contribution is -1.94. The van der Waals surface area contributed by atoms with Gasteiger partial charge in [-0.2, -0.15) is 0 Å². The molecule has 0 bridgehead atoms. The molecule has 0 nitrogen and oxygen atoms in total. The van der Waals surface area contributed by atoms with E-state index in [4.69, 9.17) is 0 Å². The molecule has 0 saturated carbocycles. The number of unbranched alkanes of at least 4 members (excludes halogenated alkanes) is 1. The van der Waals surface area contributed by atoms with Crippen molar-refractivity contribution in [3.8, 4) is 0 Å². The van der Waals surface area contributed by atoms with Crippen LogP contribution < -0.4 is 0 Å². The predicted octanol–water partition coefficient (Wildman–Crippen LogP) is 6.47. The van der Waals surface area contributed by atoms with Crippen LogP contribution in [0.1, 0.15) is 60.2 Å². The molecule has 0 radical (unpaired) electrons. The van der Waals surface area contributed by atoms with Crippen LogP contribution in [-0.2, 0) is 12.8 Å². The quantitative estimate of drug-likeness (QED) is 0.505. The van der Waals surface area contributed by atoms with Crippen molar-refractivity contribution in [2.24, 2.45) is 0 Å². The number of hydrogen-bond acceptors (Lipinski definition) is 0. The van der Waals surface area contributed by atoms with Crippen molar-refractivity contribution in [1.29, 1.82) is 0 Å². The van der Waals surface area contributed by atoms with Gasteiger partial charge < -0.3 is 0 Å². The first-order chi connectivity index (χ1) is 10.2. The van der Waals surface area contributed by atoms with Crippen molar-refractivity contribution in [2.45, 2.75) is 50.8 Å². The molecule has 1 heteroatoms. The van der Waals surface area contributed by atoms with Gasteiger partial charge in [-0.1, -0.05) is 91.1 Å². The summed E-state index contributed by atoms with van der Waals surface area (Å²) in [4.78, 5) is 0.286. The first kappa shape index (κ1) is 16.3. The second-order valence-corrected chi connectivity index (χ2v) is 6.61. The van der Waals surface area contributed by atoms with Crippen molar-refractivity contribution in [1.82, 2.24) is 0 Å². The molecule has 0 N–H and O–H groups in total. The summed E-state index contributed by atoms with van der Waals surface area (Å²) in [5.41, 5.74) is 5.53. The number of aryl methyl sites for hydroxylation is 2. The molecule has 0 aliphatic heterocycles. The molecule has 0 heterocycles. The Morgan fingerprint density at radius 3 is 1.62 bits per heavy atom. The third-order valence-corrected chi connectivity index (χ3v) is 4.96. The first-order valence-electron chi connectivity index (χ1n) is 8.06. The fourth-order valence-corrected chi connectivity index (χ4v) is 3.18. The Morgan fingerprint density at radius 1 is 0.714 bits per heavy atom. The Bertz CT molecular complexity index is 525. The summed E-state index contributed by atoms with van der Waals surface area (Å²) in [6.07, 6.45) is 6.09. The number of halogens is 1. The maximum absolute atomic E-state index is 3.83. The van der Waals surface area contributed by atoms with Gasteiger partial charge in [0, 0.05) is 0 Å². The van der Waals surface area contributed by atoms with Gasteiger partial charge in [0.15, 0.2) is 0 Å². The number of rotatable bonds is 7. The summed E-state index contributed by atoms with van der Waals surface area (Å²) in [5.74, 6) is 0. The van der Waals surface area contributed by atoms with E-state index in [2.05, 4.69) is 78.3 Å². The highest BCUT2D eigenvalue weighted by molar-refractivity contribution is 9.09. The van der Waals surface area contributed by atoms with E-state index in [-0.39, 0.29) is 4.83 Å². The maximum Gasteiger partial charge on any atom is 0.0644 e. The summed E-state index contributed by atoms with van der Waals surface area (Å²) in [7, 11) is 0. The maximum atomic E-state index is 3.83. The standard InChI is InChI=1S/C20H25Br/c1-3-5-7-17-10-14-19(15-11-17)20(21)18-12-8-16(6-4-2)9-13-18/h8-15,20H,3-7H2,1-2H3. The molecule has 0 amide bonds. The molecule has 112 valence electrons. The van der Waals surface area contributed by atoms with Crippen LogP contribution >= 0.6 is 15.9 Å². The van der Waals surface area contributed by atoms with E-state index < -0.39 is 0 Å². The van der Waals surface area contributed by atoms with Crippen LogP contribution in [0.25, 0.3) is 0 Å². The average molecular weight is 345 g/mol. The number of hydrogen-bond donors (Lipinski definition) is 0. The zero-order chi connectivity index (χ0) is 15.1. The van der Waals surface area contributed by atoms with Crippen LogP contribution in [0.15, 0.2) is 48.5 Å². The Morgan fingerprint density at radius 2 is 1.19 bits per heavy atom. The molecule has 1 unspecified atom stereocenters. The van der Waals surface area contributed by atoms with E-state index in [0.29, 0.717) is 0 Å². The van der Waals surface area contributed by atoms with Crippen LogP contribution in [0.3, 0.4) is 0 Å². The molecular formula is C20H25Br. The Kier molecular flexibility index (Phi) is 6.50. The topological polar surface area (TPSA) is 0 Å². The van der Waals surface area contributed by atoms with Crippen molar-refractivity contribution in [3.63, 3.8) is 0 Å². The molecule has 2 rings (SSSR count). The molecule has 0 spiro atoms. The van der Waals surface area contributed by atoms with Gasteiger partial charge in [0.25, 0.3) is 0 Å². The summed E-state index contributed by atoms with van der Waals surface area (Å²) >= 11 is 3.83. The molecule has 2 aromatic carbocycles. The molecule has 0 aliphatic rings. The molecule has 0 fully saturated rings. The van der Waals surface area contributed by atoms with Crippen LogP contribution in [0, 0.1) is 0 Å². The number of benzene rings is 2. The molecular weight excluding hydrogens is 320 g/mol. The van der Waals surface area contributed by atoms with Crippen molar-refractivity contribution in [3.05, 3.63) is 70.8 Å². The van der Waals surface area contributed by atoms with Crippen LogP contribution in [0.5, 0.6) is 0 Å². The second kappa shape index (κ2) is 8.38. The summed E-state index contributed by atoms with van der Waals surface area (Å²) in [5, 5.41) is 0. The smallest absolute Gasteiger partial charge is 0.0644 e. The lowest BCUT2D eigenvalue weighted by atomic mass is 10.00. The number of alkyl halides is 1. The highest BCUT2D eigenvalue weighted by Crippen LogP contribution is 2.31. The fraction of sp³-hybridized carbons (Fsp3) is 0.400.